The molecule has 0 saturated heterocycles. The van der Waals surface area contributed by atoms with Gasteiger partial charge in [-0.3, -0.25) is 0 Å². The lowest BCUT2D eigenvalue weighted by molar-refractivity contribution is 0.0826. The third kappa shape index (κ3) is 3.65. The molecule has 2 heterocycles. The lowest BCUT2D eigenvalue weighted by Crippen LogP contribution is -2.33. The Labute approximate surface area is 178 Å². The number of aromatic hydroxyl groups is 1. The Hall–Kier alpha value is -2.94. The first-order valence-electron chi connectivity index (χ1n) is 10.8. The van der Waals surface area contributed by atoms with Crippen LogP contribution in [0.1, 0.15) is 54.0 Å². The van der Waals surface area contributed by atoms with Gasteiger partial charge in [0.1, 0.15) is 22.8 Å². The van der Waals surface area contributed by atoms with Crippen molar-refractivity contribution in [2.24, 2.45) is 0 Å². The summed E-state index contributed by atoms with van der Waals surface area (Å²) in [5.41, 5.74) is 5.62. The van der Waals surface area contributed by atoms with Crippen LogP contribution in [0.4, 0.5) is 0 Å². The minimum atomic E-state index is -0.119. The fourth-order valence-electron chi connectivity index (χ4n) is 4.69. The first-order chi connectivity index (χ1) is 14.5. The molecule has 2 aliphatic rings. The SMILES string of the molecule is CC1(C)CCc2c(ccc3c2OCC(c2ccc(Cc4ccccc4)cc2O)C3)O1. The molecule has 3 aromatic rings. The van der Waals surface area contributed by atoms with E-state index in [-0.39, 0.29) is 11.5 Å². The Bertz CT molecular complexity index is 1070. The van der Waals surface area contributed by atoms with Gasteiger partial charge in [-0.05, 0) is 68.4 Å². The number of hydrogen-bond acceptors (Lipinski definition) is 3. The fourth-order valence-corrected chi connectivity index (χ4v) is 4.69. The van der Waals surface area contributed by atoms with E-state index in [1.54, 1.807) is 0 Å². The third-order valence-corrected chi connectivity index (χ3v) is 6.34. The Morgan fingerprint density at radius 1 is 1.00 bits per heavy atom. The van der Waals surface area contributed by atoms with Crippen LogP contribution in [0.5, 0.6) is 17.2 Å². The highest BCUT2D eigenvalue weighted by molar-refractivity contribution is 5.54. The average Bonchev–Trinajstić information content (AvgIpc) is 2.73. The minimum Gasteiger partial charge on any atom is -0.508 e. The maximum Gasteiger partial charge on any atom is 0.129 e. The summed E-state index contributed by atoms with van der Waals surface area (Å²) >= 11 is 0. The van der Waals surface area contributed by atoms with E-state index >= 15 is 0 Å². The lowest BCUT2D eigenvalue weighted by atomic mass is 9.86. The summed E-state index contributed by atoms with van der Waals surface area (Å²) in [4.78, 5) is 0. The Kier molecular flexibility index (Phi) is 4.69. The van der Waals surface area contributed by atoms with Crippen LogP contribution in [-0.4, -0.2) is 17.3 Å². The fraction of sp³-hybridized carbons (Fsp3) is 0.333. The van der Waals surface area contributed by atoms with Crippen molar-refractivity contribution >= 4 is 0 Å². The standard InChI is InChI=1S/C27H28O3/c1-27(2)13-12-23-25(30-27)11-9-20-16-21(17-29-26(20)23)22-10-8-19(15-24(22)28)14-18-6-4-3-5-7-18/h3-11,15,21,28H,12-14,16-17H2,1-2H3. The van der Waals surface area contributed by atoms with Gasteiger partial charge in [-0.25, -0.2) is 0 Å². The smallest absolute Gasteiger partial charge is 0.129 e. The number of phenols is 1. The average molecular weight is 401 g/mol. The summed E-state index contributed by atoms with van der Waals surface area (Å²) < 4.78 is 12.4. The molecule has 154 valence electrons. The van der Waals surface area contributed by atoms with Crippen molar-refractivity contribution in [3.8, 4) is 17.2 Å². The first-order valence-corrected chi connectivity index (χ1v) is 10.8. The Morgan fingerprint density at radius 3 is 2.63 bits per heavy atom. The van der Waals surface area contributed by atoms with Gasteiger partial charge in [0.2, 0.25) is 0 Å². The third-order valence-electron chi connectivity index (χ3n) is 6.34. The van der Waals surface area contributed by atoms with Gasteiger partial charge in [0.15, 0.2) is 0 Å². The van der Waals surface area contributed by atoms with Gasteiger partial charge >= 0.3 is 0 Å². The molecule has 3 aromatic carbocycles. The van der Waals surface area contributed by atoms with Crippen LogP contribution in [0.3, 0.4) is 0 Å². The molecule has 3 heteroatoms. The molecular weight excluding hydrogens is 372 g/mol. The lowest BCUT2D eigenvalue weighted by Gasteiger charge is -2.35. The molecule has 0 aromatic heterocycles. The number of benzene rings is 3. The zero-order chi connectivity index (χ0) is 20.7. The number of rotatable bonds is 3. The molecule has 1 unspecified atom stereocenters. The summed E-state index contributed by atoms with van der Waals surface area (Å²) in [6.07, 6.45) is 3.67. The van der Waals surface area contributed by atoms with Gasteiger partial charge in [0.25, 0.3) is 0 Å². The van der Waals surface area contributed by atoms with Gasteiger partial charge in [-0.1, -0.05) is 48.5 Å². The van der Waals surface area contributed by atoms with Gasteiger partial charge in [-0.15, -0.1) is 0 Å². The molecule has 1 N–H and O–H groups in total. The van der Waals surface area contributed by atoms with Crippen LogP contribution in [-0.2, 0) is 19.3 Å². The first kappa shape index (κ1) is 19.0. The van der Waals surface area contributed by atoms with Crippen molar-refractivity contribution in [2.75, 3.05) is 6.61 Å². The molecule has 0 fully saturated rings. The Balaban J connectivity index is 1.36. The highest BCUT2D eigenvalue weighted by atomic mass is 16.5. The molecule has 0 aliphatic carbocycles. The summed E-state index contributed by atoms with van der Waals surface area (Å²) in [7, 11) is 0. The molecular formula is C27H28O3. The maximum atomic E-state index is 10.7. The molecule has 0 bridgehead atoms. The van der Waals surface area contributed by atoms with Crippen molar-refractivity contribution in [2.45, 2.75) is 51.0 Å². The largest absolute Gasteiger partial charge is 0.508 e. The minimum absolute atomic E-state index is 0.119. The van der Waals surface area contributed by atoms with Crippen molar-refractivity contribution in [3.63, 3.8) is 0 Å². The Morgan fingerprint density at radius 2 is 1.83 bits per heavy atom. The highest BCUT2D eigenvalue weighted by Crippen LogP contribution is 2.44. The predicted molar refractivity (Wildman–Crippen MR) is 119 cm³/mol. The number of fused-ring (bicyclic) bond motifs is 3. The monoisotopic (exact) mass is 400 g/mol. The quantitative estimate of drug-likeness (QED) is 0.603. The van der Waals surface area contributed by atoms with E-state index in [2.05, 4.69) is 50.2 Å². The molecule has 2 aliphatic heterocycles. The molecule has 0 amide bonds. The number of ether oxygens (including phenoxy) is 2. The van der Waals surface area contributed by atoms with Crippen molar-refractivity contribution < 1.29 is 14.6 Å². The van der Waals surface area contributed by atoms with Crippen LogP contribution in [0, 0.1) is 0 Å². The van der Waals surface area contributed by atoms with E-state index < -0.39 is 0 Å². The number of phenolic OH excluding ortho intramolecular Hbond substituents is 1. The second-order valence-corrected chi connectivity index (χ2v) is 9.16. The molecule has 5 rings (SSSR count). The van der Waals surface area contributed by atoms with Crippen molar-refractivity contribution in [3.05, 3.63) is 88.5 Å². The maximum absolute atomic E-state index is 10.7. The van der Waals surface area contributed by atoms with Gasteiger partial charge in [-0.2, -0.15) is 0 Å². The van der Waals surface area contributed by atoms with E-state index in [9.17, 15) is 5.11 Å². The van der Waals surface area contributed by atoms with E-state index in [1.807, 2.05) is 24.3 Å². The molecule has 1 atom stereocenters. The van der Waals surface area contributed by atoms with Crippen molar-refractivity contribution in [1.29, 1.82) is 0 Å². The molecule has 0 saturated carbocycles. The molecule has 30 heavy (non-hydrogen) atoms. The number of hydrogen-bond donors (Lipinski definition) is 1. The van der Waals surface area contributed by atoms with E-state index in [0.717, 1.165) is 48.3 Å². The summed E-state index contributed by atoms with van der Waals surface area (Å²) in [6.45, 7) is 4.85. The van der Waals surface area contributed by atoms with E-state index in [0.29, 0.717) is 12.4 Å². The highest BCUT2D eigenvalue weighted by Gasteiger charge is 2.32. The van der Waals surface area contributed by atoms with Gasteiger partial charge in [0, 0.05) is 17.0 Å². The van der Waals surface area contributed by atoms with Gasteiger partial charge < -0.3 is 14.6 Å². The summed E-state index contributed by atoms with van der Waals surface area (Å²) in [5, 5.41) is 10.7. The zero-order valence-corrected chi connectivity index (χ0v) is 17.7. The normalized spacial score (nSPS) is 19.2. The van der Waals surface area contributed by atoms with Crippen LogP contribution >= 0.6 is 0 Å². The van der Waals surface area contributed by atoms with Gasteiger partial charge in [0.05, 0.1) is 6.61 Å². The molecule has 0 spiro atoms. The van der Waals surface area contributed by atoms with Crippen LogP contribution in [0.2, 0.25) is 0 Å². The van der Waals surface area contributed by atoms with Crippen LogP contribution in [0.15, 0.2) is 60.7 Å². The summed E-state index contributed by atoms with van der Waals surface area (Å²) in [6, 6.07) is 20.7. The van der Waals surface area contributed by atoms with Crippen LogP contribution < -0.4 is 9.47 Å². The van der Waals surface area contributed by atoms with Crippen molar-refractivity contribution in [1.82, 2.24) is 0 Å². The van der Waals surface area contributed by atoms with E-state index in [1.165, 1.54) is 16.7 Å². The van der Waals surface area contributed by atoms with E-state index in [4.69, 9.17) is 9.47 Å². The summed E-state index contributed by atoms with van der Waals surface area (Å²) in [5.74, 6) is 2.47. The molecule has 0 radical (unpaired) electrons. The zero-order valence-electron chi connectivity index (χ0n) is 17.7. The second kappa shape index (κ2) is 7.39. The molecule has 3 nitrogen and oxygen atoms in total. The topological polar surface area (TPSA) is 38.7 Å². The second-order valence-electron chi connectivity index (χ2n) is 9.16. The predicted octanol–water partition coefficient (Wildman–Crippen LogP) is 5.81. The van der Waals surface area contributed by atoms with Crippen LogP contribution in [0.25, 0.3) is 0 Å².